The van der Waals surface area contributed by atoms with Gasteiger partial charge in [-0.2, -0.15) is 0 Å². The maximum atomic E-state index is 10.6. The molecule has 1 aromatic carbocycles. The summed E-state index contributed by atoms with van der Waals surface area (Å²) in [4.78, 5) is 12.4. The van der Waals surface area contributed by atoms with Crippen LogP contribution in [-0.2, 0) is 13.0 Å². The standard InChI is InChI=1S/C15H19N3O3/c1-11-15(12(2)21-16-11)10-17(3)9-8-13-4-6-14(7-5-13)18(19)20/h4-7H,8-10H2,1-3H3. The third-order valence-corrected chi connectivity index (χ3v) is 3.54. The molecule has 0 aliphatic heterocycles. The summed E-state index contributed by atoms with van der Waals surface area (Å²) >= 11 is 0. The molecule has 0 radical (unpaired) electrons. The number of aromatic nitrogens is 1. The molecule has 6 heteroatoms. The van der Waals surface area contributed by atoms with Crippen LogP contribution in [0.25, 0.3) is 0 Å². The van der Waals surface area contributed by atoms with E-state index in [9.17, 15) is 10.1 Å². The van der Waals surface area contributed by atoms with Crippen molar-refractivity contribution in [2.45, 2.75) is 26.8 Å². The molecular weight excluding hydrogens is 270 g/mol. The molecule has 0 aliphatic carbocycles. The maximum absolute atomic E-state index is 10.6. The number of rotatable bonds is 6. The third kappa shape index (κ3) is 3.88. The monoisotopic (exact) mass is 289 g/mol. The number of hydrogen-bond acceptors (Lipinski definition) is 5. The van der Waals surface area contributed by atoms with Crippen molar-refractivity contribution in [2.24, 2.45) is 0 Å². The van der Waals surface area contributed by atoms with Gasteiger partial charge in [-0.3, -0.25) is 10.1 Å². The maximum Gasteiger partial charge on any atom is 0.269 e. The van der Waals surface area contributed by atoms with Crippen LogP contribution >= 0.6 is 0 Å². The average Bonchev–Trinajstić information content (AvgIpc) is 2.77. The highest BCUT2D eigenvalue weighted by atomic mass is 16.6. The van der Waals surface area contributed by atoms with Crippen LogP contribution in [-0.4, -0.2) is 28.6 Å². The van der Waals surface area contributed by atoms with E-state index in [1.165, 1.54) is 0 Å². The Balaban J connectivity index is 1.89. The number of nitrogens with zero attached hydrogens (tertiary/aromatic N) is 3. The number of nitro groups is 1. The fourth-order valence-electron chi connectivity index (χ4n) is 2.18. The van der Waals surface area contributed by atoms with Gasteiger partial charge in [-0.05, 0) is 32.9 Å². The summed E-state index contributed by atoms with van der Waals surface area (Å²) in [5.41, 5.74) is 3.27. The summed E-state index contributed by atoms with van der Waals surface area (Å²) in [6.07, 6.45) is 0.845. The Morgan fingerprint density at radius 1 is 1.29 bits per heavy atom. The number of benzene rings is 1. The largest absolute Gasteiger partial charge is 0.361 e. The highest BCUT2D eigenvalue weighted by molar-refractivity contribution is 5.33. The van der Waals surface area contributed by atoms with Gasteiger partial charge in [-0.1, -0.05) is 17.3 Å². The highest BCUT2D eigenvalue weighted by Crippen LogP contribution is 2.15. The van der Waals surface area contributed by atoms with Crippen molar-refractivity contribution in [3.8, 4) is 0 Å². The number of likely N-dealkylation sites (N-methyl/N-ethyl adjacent to an activating group) is 1. The van der Waals surface area contributed by atoms with Gasteiger partial charge >= 0.3 is 0 Å². The van der Waals surface area contributed by atoms with Crippen LogP contribution in [0.2, 0.25) is 0 Å². The van der Waals surface area contributed by atoms with Crippen molar-refractivity contribution < 1.29 is 9.45 Å². The van der Waals surface area contributed by atoms with Crippen molar-refractivity contribution in [1.29, 1.82) is 0 Å². The SMILES string of the molecule is Cc1noc(C)c1CN(C)CCc1ccc([N+](=O)[O-])cc1. The summed E-state index contributed by atoms with van der Waals surface area (Å²) in [6, 6.07) is 6.71. The lowest BCUT2D eigenvalue weighted by Crippen LogP contribution is -2.21. The lowest BCUT2D eigenvalue weighted by molar-refractivity contribution is -0.384. The summed E-state index contributed by atoms with van der Waals surface area (Å²) in [5.74, 6) is 0.856. The second kappa shape index (κ2) is 6.49. The van der Waals surface area contributed by atoms with Crippen molar-refractivity contribution >= 4 is 5.69 Å². The van der Waals surface area contributed by atoms with Crippen LogP contribution < -0.4 is 0 Å². The van der Waals surface area contributed by atoms with Crippen LogP contribution in [0.5, 0.6) is 0 Å². The van der Waals surface area contributed by atoms with E-state index >= 15 is 0 Å². The Hall–Kier alpha value is -2.21. The van der Waals surface area contributed by atoms with Gasteiger partial charge in [-0.15, -0.1) is 0 Å². The fourth-order valence-corrected chi connectivity index (χ4v) is 2.18. The Bertz CT molecular complexity index is 600. The van der Waals surface area contributed by atoms with E-state index in [-0.39, 0.29) is 10.6 Å². The summed E-state index contributed by atoms with van der Waals surface area (Å²) in [5, 5.41) is 14.6. The van der Waals surface area contributed by atoms with Gasteiger partial charge < -0.3 is 9.42 Å². The minimum Gasteiger partial charge on any atom is -0.361 e. The molecule has 21 heavy (non-hydrogen) atoms. The second-order valence-corrected chi connectivity index (χ2v) is 5.21. The first-order chi connectivity index (χ1) is 9.97. The van der Waals surface area contributed by atoms with Gasteiger partial charge in [0.2, 0.25) is 0 Å². The van der Waals surface area contributed by atoms with E-state index in [1.54, 1.807) is 12.1 Å². The van der Waals surface area contributed by atoms with Crippen LogP contribution in [0.1, 0.15) is 22.6 Å². The van der Waals surface area contributed by atoms with E-state index in [2.05, 4.69) is 10.1 Å². The minimum absolute atomic E-state index is 0.128. The number of non-ortho nitro benzene ring substituents is 1. The molecule has 1 aromatic heterocycles. The van der Waals surface area contributed by atoms with Crippen LogP contribution in [0.15, 0.2) is 28.8 Å². The molecule has 0 amide bonds. The highest BCUT2D eigenvalue weighted by Gasteiger charge is 2.11. The zero-order chi connectivity index (χ0) is 15.4. The summed E-state index contributed by atoms with van der Waals surface area (Å²) in [6.45, 7) is 5.51. The second-order valence-electron chi connectivity index (χ2n) is 5.21. The Morgan fingerprint density at radius 2 is 1.95 bits per heavy atom. The molecule has 2 aromatic rings. The quantitative estimate of drug-likeness (QED) is 0.604. The molecule has 0 spiro atoms. The Labute approximate surface area is 123 Å². The molecule has 1 heterocycles. The first kappa shape index (κ1) is 15.2. The van der Waals surface area contributed by atoms with Crippen LogP contribution in [0.3, 0.4) is 0 Å². The summed E-state index contributed by atoms with van der Waals surface area (Å²) < 4.78 is 5.15. The van der Waals surface area contributed by atoms with E-state index < -0.39 is 0 Å². The Morgan fingerprint density at radius 3 is 2.48 bits per heavy atom. The first-order valence-corrected chi connectivity index (χ1v) is 6.81. The van der Waals surface area contributed by atoms with E-state index in [4.69, 9.17) is 4.52 Å². The van der Waals surface area contributed by atoms with E-state index in [0.717, 1.165) is 42.1 Å². The number of nitro benzene ring substituents is 1. The van der Waals surface area contributed by atoms with Gasteiger partial charge in [0.15, 0.2) is 0 Å². The molecule has 112 valence electrons. The molecule has 6 nitrogen and oxygen atoms in total. The van der Waals surface area contributed by atoms with Crippen molar-refractivity contribution in [1.82, 2.24) is 10.1 Å². The molecule has 0 bridgehead atoms. The smallest absolute Gasteiger partial charge is 0.269 e. The molecule has 0 N–H and O–H groups in total. The van der Waals surface area contributed by atoms with Crippen LogP contribution in [0, 0.1) is 24.0 Å². The number of aryl methyl sites for hydroxylation is 2. The number of hydrogen-bond donors (Lipinski definition) is 0. The molecule has 0 unspecified atom stereocenters. The zero-order valence-electron chi connectivity index (χ0n) is 12.5. The van der Waals surface area contributed by atoms with E-state index in [1.807, 2.05) is 33.0 Å². The molecule has 0 atom stereocenters. The topological polar surface area (TPSA) is 72.4 Å². The third-order valence-electron chi connectivity index (χ3n) is 3.54. The van der Waals surface area contributed by atoms with E-state index in [0.29, 0.717) is 0 Å². The van der Waals surface area contributed by atoms with Crippen molar-refractivity contribution in [2.75, 3.05) is 13.6 Å². The first-order valence-electron chi connectivity index (χ1n) is 6.81. The Kier molecular flexibility index (Phi) is 4.70. The lowest BCUT2D eigenvalue weighted by Gasteiger charge is -2.16. The normalized spacial score (nSPS) is 11.0. The molecule has 0 aliphatic rings. The minimum atomic E-state index is -0.382. The van der Waals surface area contributed by atoms with Crippen LogP contribution in [0.4, 0.5) is 5.69 Å². The zero-order valence-corrected chi connectivity index (χ0v) is 12.5. The van der Waals surface area contributed by atoms with Gasteiger partial charge in [0.1, 0.15) is 5.76 Å². The summed E-state index contributed by atoms with van der Waals surface area (Å²) in [7, 11) is 2.04. The predicted octanol–water partition coefficient (Wildman–Crippen LogP) is 2.87. The van der Waals surface area contributed by atoms with Crippen molar-refractivity contribution in [3.05, 3.63) is 57.0 Å². The fraction of sp³-hybridized carbons (Fsp3) is 0.400. The van der Waals surface area contributed by atoms with Gasteiger partial charge in [0, 0.05) is 30.8 Å². The molecule has 0 fully saturated rings. The van der Waals surface area contributed by atoms with Crippen molar-refractivity contribution in [3.63, 3.8) is 0 Å². The average molecular weight is 289 g/mol. The lowest BCUT2D eigenvalue weighted by atomic mass is 10.1. The van der Waals surface area contributed by atoms with Gasteiger partial charge in [0.25, 0.3) is 5.69 Å². The molecule has 0 saturated heterocycles. The molecule has 2 rings (SSSR count). The predicted molar refractivity (Wildman–Crippen MR) is 79.1 cm³/mol. The molecule has 0 saturated carbocycles. The molecular formula is C15H19N3O3. The van der Waals surface area contributed by atoms with Gasteiger partial charge in [0.05, 0.1) is 10.6 Å². The van der Waals surface area contributed by atoms with Gasteiger partial charge in [-0.25, -0.2) is 0 Å².